The minimum absolute atomic E-state index is 0.0178. The second-order valence-electron chi connectivity index (χ2n) is 3.80. The van der Waals surface area contributed by atoms with E-state index in [4.69, 9.17) is 4.74 Å². The van der Waals surface area contributed by atoms with Crippen LogP contribution in [-0.4, -0.2) is 12.9 Å². The lowest BCUT2D eigenvalue weighted by Crippen LogP contribution is -2.02. The summed E-state index contributed by atoms with van der Waals surface area (Å²) in [5.74, 6) is -0.348. The van der Waals surface area contributed by atoms with Crippen LogP contribution in [0.3, 0.4) is 0 Å². The van der Waals surface area contributed by atoms with Crippen molar-refractivity contribution in [3.8, 4) is 5.75 Å². The third kappa shape index (κ3) is 1.98. The molecule has 0 radical (unpaired) electrons. The van der Waals surface area contributed by atoms with Crippen molar-refractivity contribution in [1.82, 2.24) is 0 Å². The quantitative estimate of drug-likeness (QED) is 0.731. The number of ketones is 1. The number of ether oxygens (including phenoxy) is 1. The fourth-order valence-electron chi connectivity index (χ4n) is 1.86. The Balaban J connectivity index is 2.30. The van der Waals surface area contributed by atoms with Gasteiger partial charge >= 0.3 is 0 Å². The lowest BCUT2D eigenvalue weighted by molar-refractivity contribution is 0.103. The van der Waals surface area contributed by atoms with E-state index < -0.39 is 5.82 Å². The highest BCUT2D eigenvalue weighted by molar-refractivity contribution is 6.09. The third-order valence-electron chi connectivity index (χ3n) is 2.75. The van der Waals surface area contributed by atoms with Gasteiger partial charge in [-0.25, -0.2) is 4.39 Å². The highest BCUT2D eigenvalue weighted by atomic mass is 19.1. The van der Waals surface area contributed by atoms with Gasteiger partial charge in [0.1, 0.15) is 0 Å². The van der Waals surface area contributed by atoms with Crippen LogP contribution in [0.5, 0.6) is 5.75 Å². The Labute approximate surface area is 93.7 Å². The molecule has 0 bridgehead atoms. The Bertz CT molecular complexity index is 449. The molecule has 0 fully saturated rings. The van der Waals surface area contributed by atoms with Crippen LogP contribution in [0.1, 0.15) is 29.6 Å². The van der Waals surface area contributed by atoms with Crippen LogP contribution in [0, 0.1) is 5.82 Å². The van der Waals surface area contributed by atoms with Gasteiger partial charge in [-0.05, 0) is 43.0 Å². The number of allylic oxidation sites excluding steroid dienone is 2. The average Bonchev–Trinajstić information content (AvgIpc) is 2.82. The first kappa shape index (κ1) is 10.9. The summed E-state index contributed by atoms with van der Waals surface area (Å²) in [6, 6.07) is 4.22. The lowest BCUT2D eigenvalue weighted by atomic mass is 10.0. The molecule has 0 amide bonds. The number of Topliss-reactive ketones (excluding diaryl/α,β-unsaturated/α-hetero) is 1. The smallest absolute Gasteiger partial charge is 0.188 e. The Kier molecular flexibility index (Phi) is 3.04. The summed E-state index contributed by atoms with van der Waals surface area (Å²) in [5.41, 5.74) is 1.32. The summed E-state index contributed by atoms with van der Waals surface area (Å²) in [7, 11) is 1.39. The number of carbonyl (C=O) groups excluding carboxylic acids is 1. The standard InChI is InChI=1S/C13H13FO2/c1-16-12-8-10(6-7-11(12)14)13(15)9-4-2-3-5-9/h4,6-8H,2-3,5H2,1H3. The molecule has 16 heavy (non-hydrogen) atoms. The van der Waals surface area contributed by atoms with Crippen molar-refractivity contribution in [3.05, 3.63) is 41.2 Å². The predicted octanol–water partition coefficient (Wildman–Crippen LogP) is 3.13. The molecule has 1 aromatic rings. The molecule has 84 valence electrons. The summed E-state index contributed by atoms with van der Waals surface area (Å²) in [4.78, 5) is 12.0. The van der Waals surface area contributed by atoms with Gasteiger partial charge in [-0.1, -0.05) is 6.08 Å². The van der Waals surface area contributed by atoms with Crippen molar-refractivity contribution in [1.29, 1.82) is 0 Å². The molecule has 1 aliphatic carbocycles. The van der Waals surface area contributed by atoms with Crippen molar-refractivity contribution in [2.24, 2.45) is 0 Å². The minimum Gasteiger partial charge on any atom is -0.494 e. The third-order valence-corrected chi connectivity index (χ3v) is 2.75. The number of carbonyl (C=O) groups is 1. The van der Waals surface area contributed by atoms with Crippen LogP contribution in [-0.2, 0) is 0 Å². The van der Waals surface area contributed by atoms with E-state index in [1.165, 1.54) is 25.3 Å². The molecule has 0 atom stereocenters. The number of methoxy groups -OCH3 is 1. The van der Waals surface area contributed by atoms with Crippen molar-refractivity contribution in [3.63, 3.8) is 0 Å². The fourth-order valence-corrected chi connectivity index (χ4v) is 1.86. The van der Waals surface area contributed by atoms with Gasteiger partial charge in [0.15, 0.2) is 17.3 Å². The van der Waals surface area contributed by atoms with Crippen molar-refractivity contribution < 1.29 is 13.9 Å². The molecule has 0 saturated heterocycles. The van der Waals surface area contributed by atoms with E-state index in [9.17, 15) is 9.18 Å². The highest BCUT2D eigenvalue weighted by Gasteiger charge is 2.16. The molecule has 1 aliphatic rings. The van der Waals surface area contributed by atoms with E-state index in [1.54, 1.807) is 0 Å². The lowest BCUT2D eigenvalue weighted by Gasteiger charge is -2.05. The van der Waals surface area contributed by atoms with Crippen LogP contribution >= 0.6 is 0 Å². The van der Waals surface area contributed by atoms with E-state index in [2.05, 4.69) is 0 Å². The van der Waals surface area contributed by atoms with E-state index in [0.29, 0.717) is 5.56 Å². The normalized spacial score (nSPS) is 14.8. The minimum atomic E-state index is -0.445. The van der Waals surface area contributed by atoms with Crippen LogP contribution in [0.2, 0.25) is 0 Å². The first-order chi connectivity index (χ1) is 7.72. The molecule has 3 heteroatoms. The molecule has 0 heterocycles. The molecule has 0 aliphatic heterocycles. The summed E-state index contributed by atoms with van der Waals surface area (Å²) in [5, 5.41) is 0. The maximum Gasteiger partial charge on any atom is 0.188 e. The zero-order chi connectivity index (χ0) is 11.5. The van der Waals surface area contributed by atoms with Gasteiger partial charge in [0.25, 0.3) is 0 Å². The van der Waals surface area contributed by atoms with Gasteiger partial charge < -0.3 is 4.74 Å². The number of rotatable bonds is 3. The topological polar surface area (TPSA) is 26.3 Å². The van der Waals surface area contributed by atoms with Crippen LogP contribution in [0.15, 0.2) is 29.8 Å². The van der Waals surface area contributed by atoms with Crippen molar-refractivity contribution >= 4 is 5.78 Å². The van der Waals surface area contributed by atoms with E-state index in [0.717, 1.165) is 24.8 Å². The van der Waals surface area contributed by atoms with Crippen LogP contribution in [0.4, 0.5) is 4.39 Å². The highest BCUT2D eigenvalue weighted by Crippen LogP contribution is 2.24. The number of hydrogen-bond donors (Lipinski definition) is 0. The SMILES string of the molecule is COc1cc(C(=O)C2=CCCC2)ccc1F. The van der Waals surface area contributed by atoms with Gasteiger partial charge in [-0.15, -0.1) is 0 Å². The second-order valence-corrected chi connectivity index (χ2v) is 3.80. The maximum absolute atomic E-state index is 13.2. The number of benzene rings is 1. The monoisotopic (exact) mass is 220 g/mol. The van der Waals surface area contributed by atoms with E-state index in [1.807, 2.05) is 6.08 Å². The van der Waals surface area contributed by atoms with Gasteiger partial charge in [0.2, 0.25) is 0 Å². The Morgan fingerprint density at radius 2 is 2.25 bits per heavy atom. The van der Waals surface area contributed by atoms with Crippen LogP contribution in [0.25, 0.3) is 0 Å². The van der Waals surface area contributed by atoms with Crippen molar-refractivity contribution in [2.45, 2.75) is 19.3 Å². The van der Waals surface area contributed by atoms with Gasteiger partial charge in [-0.2, -0.15) is 0 Å². The number of halogens is 1. The average molecular weight is 220 g/mol. The molecule has 0 aromatic heterocycles. The van der Waals surface area contributed by atoms with Gasteiger partial charge in [-0.3, -0.25) is 4.79 Å². The Hall–Kier alpha value is -1.64. The van der Waals surface area contributed by atoms with E-state index >= 15 is 0 Å². The fraction of sp³-hybridized carbons (Fsp3) is 0.308. The summed E-state index contributed by atoms with van der Waals surface area (Å²) in [6.07, 6.45) is 4.76. The number of hydrogen-bond acceptors (Lipinski definition) is 2. The first-order valence-corrected chi connectivity index (χ1v) is 5.29. The van der Waals surface area contributed by atoms with Gasteiger partial charge in [0, 0.05) is 5.56 Å². The molecule has 1 aromatic carbocycles. The zero-order valence-corrected chi connectivity index (χ0v) is 9.13. The molecule has 0 saturated carbocycles. The molecular weight excluding hydrogens is 207 g/mol. The predicted molar refractivity (Wildman–Crippen MR) is 59.2 cm³/mol. The first-order valence-electron chi connectivity index (χ1n) is 5.29. The van der Waals surface area contributed by atoms with Crippen LogP contribution < -0.4 is 4.74 Å². The van der Waals surface area contributed by atoms with Crippen molar-refractivity contribution in [2.75, 3.05) is 7.11 Å². The zero-order valence-electron chi connectivity index (χ0n) is 9.13. The summed E-state index contributed by atoms with van der Waals surface area (Å²) in [6.45, 7) is 0. The summed E-state index contributed by atoms with van der Waals surface area (Å²) >= 11 is 0. The Morgan fingerprint density at radius 1 is 1.44 bits per heavy atom. The second kappa shape index (κ2) is 4.47. The molecule has 0 N–H and O–H groups in total. The summed E-state index contributed by atoms with van der Waals surface area (Å²) < 4.78 is 18.0. The Morgan fingerprint density at radius 3 is 2.88 bits per heavy atom. The van der Waals surface area contributed by atoms with Gasteiger partial charge in [0.05, 0.1) is 7.11 Å². The largest absolute Gasteiger partial charge is 0.494 e. The molecular formula is C13H13FO2. The molecule has 2 rings (SSSR count). The molecule has 0 spiro atoms. The maximum atomic E-state index is 13.2. The molecule has 0 unspecified atom stereocenters. The van der Waals surface area contributed by atoms with E-state index in [-0.39, 0.29) is 11.5 Å². The molecule has 2 nitrogen and oxygen atoms in total.